The van der Waals surface area contributed by atoms with Crippen LogP contribution in [-0.2, 0) is 0 Å². The molecule has 0 saturated carbocycles. The van der Waals surface area contributed by atoms with Crippen LogP contribution >= 0.6 is 15.9 Å². The normalized spacial score (nSPS) is 25.4. The zero-order valence-electron chi connectivity index (χ0n) is 9.76. The molecule has 0 aromatic carbocycles. The van der Waals surface area contributed by atoms with Gasteiger partial charge in [0.1, 0.15) is 5.82 Å². The first kappa shape index (κ1) is 11.9. The number of hydrogen-bond acceptors (Lipinski definition) is 3. The maximum atomic E-state index is 4.42. The lowest BCUT2D eigenvalue weighted by Crippen LogP contribution is -2.46. The number of piperidine rings is 1. The van der Waals surface area contributed by atoms with Gasteiger partial charge < -0.3 is 10.6 Å². The third-order valence-electron chi connectivity index (χ3n) is 3.13. The molecule has 0 aliphatic carbocycles. The Morgan fingerprint density at radius 3 is 3.06 bits per heavy atom. The van der Waals surface area contributed by atoms with Crippen LogP contribution in [0.15, 0.2) is 16.7 Å². The third kappa shape index (κ3) is 2.74. The molecule has 1 fully saturated rings. The summed E-state index contributed by atoms with van der Waals surface area (Å²) in [5, 5.41) is 7.02. The first-order valence-corrected chi connectivity index (χ1v) is 6.58. The second-order valence-corrected chi connectivity index (χ2v) is 5.37. The van der Waals surface area contributed by atoms with Crippen molar-refractivity contribution in [3.63, 3.8) is 0 Å². The maximum absolute atomic E-state index is 4.42. The van der Waals surface area contributed by atoms with Gasteiger partial charge in [-0.2, -0.15) is 0 Å². The summed E-state index contributed by atoms with van der Waals surface area (Å²) in [6.45, 7) is 5.44. The molecule has 0 radical (unpaired) electrons. The largest absolute Gasteiger partial charge is 0.366 e. The van der Waals surface area contributed by atoms with Gasteiger partial charge >= 0.3 is 0 Å². The highest BCUT2D eigenvalue weighted by Gasteiger charge is 2.21. The van der Waals surface area contributed by atoms with Crippen LogP contribution in [0.5, 0.6) is 0 Å². The number of aryl methyl sites for hydroxylation is 1. The molecule has 16 heavy (non-hydrogen) atoms. The van der Waals surface area contributed by atoms with E-state index in [9.17, 15) is 0 Å². The van der Waals surface area contributed by atoms with Crippen LogP contribution in [0.25, 0.3) is 0 Å². The third-order valence-corrected chi connectivity index (χ3v) is 3.56. The Labute approximate surface area is 105 Å². The summed E-state index contributed by atoms with van der Waals surface area (Å²) < 4.78 is 1.03. The topological polar surface area (TPSA) is 37.0 Å². The van der Waals surface area contributed by atoms with Gasteiger partial charge in [0.2, 0.25) is 0 Å². The standard InChI is InChI=1S/C12H18BrN3/c1-8-6-10(13)7-15-12(8)16-11-4-3-5-14-9(11)2/h6-7,9,11,14H,3-5H2,1-2H3,(H,15,16). The van der Waals surface area contributed by atoms with Crippen LogP contribution < -0.4 is 10.6 Å². The molecule has 0 amide bonds. The number of nitrogens with one attached hydrogen (secondary N) is 2. The van der Waals surface area contributed by atoms with E-state index >= 15 is 0 Å². The Balaban J connectivity index is 2.07. The van der Waals surface area contributed by atoms with Crippen molar-refractivity contribution >= 4 is 21.7 Å². The fourth-order valence-corrected chi connectivity index (χ4v) is 2.55. The van der Waals surface area contributed by atoms with E-state index in [1.807, 2.05) is 6.20 Å². The quantitative estimate of drug-likeness (QED) is 0.876. The number of pyridine rings is 1. The SMILES string of the molecule is Cc1cc(Br)cnc1NC1CCCNC1C. The summed E-state index contributed by atoms with van der Waals surface area (Å²) in [6, 6.07) is 3.09. The Bertz CT molecular complexity index is 367. The second-order valence-electron chi connectivity index (χ2n) is 4.45. The lowest BCUT2D eigenvalue weighted by molar-refractivity contribution is 0.388. The minimum atomic E-state index is 0.487. The van der Waals surface area contributed by atoms with E-state index in [-0.39, 0.29) is 0 Å². The Hall–Kier alpha value is -0.610. The van der Waals surface area contributed by atoms with Crippen molar-refractivity contribution in [1.82, 2.24) is 10.3 Å². The van der Waals surface area contributed by atoms with Gasteiger partial charge in [0.15, 0.2) is 0 Å². The maximum Gasteiger partial charge on any atom is 0.129 e. The van der Waals surface area contributed by atoms with Crippen molar-refractivity contribution in [3.05, 3.63) is 22.3 Å². The second kappa shape index (κ2) is 5.15. The first-order chi connectivity index (χ1) is 7.66. The predicted molar refractivity (Wildman–Crippen MR) is 70.8 cm³/mol. The van der Waals surface area contributed by atoms with Gasteiger partial charge in [0.25, 0.3) is 0 Å². The van der Waals surface area contributed by atoms with Gasteiger partial charge in [-0.1, -0.05) is 0 Å². The molecular weight excluding hydrogens is 266 g/mol. The highest BCUT2D eigenvalue weighted by molar-refractivity contribution is 9.10. The molecule has 1 aliphatic heterocycles. The number of rotatable bonds is 2. The summed E-state index contributed by atoms with van der Waals surface area (Å²) in [5.74, 6) is 1.00. The molecule has 3 nitrogen and oxygen atoms in total. The minimum absolute atomic E-state index is 0.487. The van der Waals surface area contributed by atoms with E-state index in [1.165, 1.54) is 18.4 Å². The van der Waals surface area contributed by atoms with E-state index in [0.717, 1.165) is 16.8 Å². The lowest BCUT2D eigenvalue weighted by atomic mass is 10.00. The lowest BCUT2D eigenvalue weighted by Gasteiger charge is -2.31. The van der Waals surface area contributed by atoms with Crippen LogP contribution in [0, 0.1) is 6.92 Å². The molecule has 0 spiro atoms. The van der Waals surface area contributed by atoms with Gasteiger partial charge in [-0.3, -0.25) is 0 Å². The molecule has 1 aliphatic rings. The Morgan fingerprint density at radius 2 is 2.38 bits per heavy atom. The van der Waals surface area contributed by atoms with Crippen molar-refractivity contribution < 1.29 is 0 Å². The minimum Gasteiger partial charge on any atom is -0.366 e. The molecule has 2 atom stereocenters. The van der Waals surface area contributed by atoms with Gasteiger partial charge in [0, 0.05) is 22.8 Å². The van der Waals surface area contributed by atoms with Crippen molar-refractivity contribution in [3.8, 4) is 0 Å². The first-order valence-electron chi connectivity index (χ1n) is 5.79. The zero-order chi connectivity index (χ0) is 11.5. The molecular formula is C12H18BrN3. The smallest absolute Gasteiger partial charge is 0.129 e. The molecule has 2 N–H and O–H groups in total. The van der Waals surface area contributed by atoms with Crippen molar-refractivity contribution in [2.45, 2.75) is 38.8 Å². The van der Waals surface area contributed by atoms with Crippen LogP contribution in [0.1, 0.15) is 25.3 Å². The molecule has 2 unspecified atom stereocenters. The van der Waals surface area contributed by atoms with Gasteiger partial charge in [0.05, 0.1) is 0 Å². The van der Waals surface area contributed by atoms with E-state index in [0.29, 0.717) is 12.1 Å². The highest BCUT2D eigenvalue weighted by Crippen LogP contribution is 2.20. The average molecular weight is 284 g/mol. The number of anilines is 1. The monoisotopic (exact) mass is 283 g/mol. The van der Waals surface area contributed by atoms with E-state index in [4.69, 9.17) is 0 Å². The fraction of sp³-hybridized carbons (Fsp3) is 0.583. The Kier molecular flexibility index (Phi) is 3.82. The molecule has 0 bridgehead atoms. The van der Waals surface area contributed by atoms with Crippen LogP contribution in [-0.4, -0.2) is 23.6 Å². The van der Waals surface area contributed by atoms with Crippen molar-refractivity contribution in [1.29, 1.82) is 0 Å². The average Bonchev–Trinajstić information content (AvgIpc) is 2.25. The predicted octanol–water partition coefficient (Wildman–Crippen LogP) is 2.70. The van der Waals surface area contributed by atoms with Crippen LogP contribution in [0.4, 0.5) is 5.82 Å². The molecule has 88 valence electrons. The summed E-state index contributed by atoms with van der Waals surface area (Å²) >= 11 is 3.43. The summed E-state index contributed by atoms with van der Waals surface area (Å²) in [6.07, 6.45) is 4.29. The van der Waals surface area contributed by atoms with E-state index in [2.05, 4.69) is 51.5 Å². The molecule has 1 aromatic heterocycles. The number of halogens is 1. The Morgan fingerprint density at radius 1 is 1.56 bits per heavy atom. The van der Waals surface area contributed by atoms with Gasteiger partial charge in [-0.05, 0) is 60.8 Å². The molecule has 2 heterocycles. The molecule has 1 aromatic rings. The number of hydrogen-bond donors (Lipinski definition) is 2. The van der Waals surface area contributed by atoms with Gasteiger partial charge in [-0.15, -0.1) is 0 Å². The molecule has 1 saturated heterocycles. The number of aromatic nitrogens is 1. The fourth-order valence-electron chi connectivity index (χ4n) is 2.11. The number of nitrogens with zero attached hydrogens (tertiary/aromatic N) is 1. The van der Waals surface area contributed by atoms with Crippen molar-refractivity contribution in [2.24, 2.45) is 0 Å². The van der Waals surface area contributed by atoms with E-state index in [1.54, 1.807) is 0 Å². The zero-order valence-corrected chi connectivity index (χ0v) is 11.3. The van der Waals surface area contributed by atoms with E-state index < -0.39 is 0 Å². The molecule has 4 heteroatoms. The van der Waals surface area contributed by atoms with Crippen LogP contribution in [0.2, 0.25) is 0 Å². The van der Waals surface area contributed by atoms with Crippen molar-refractivity contribution in [2.75, 3.05) is 11.9 Å². The molecule has 2 rings (SSSR count). The van der Waals surface area contributed by atoms with Crippen LogP contribution in [0.3, 0.4) is 0 Å². The van der Waals surface area contributed by atoms with Gasteiger partial charge in [-0.25, -0.2) is 4.98 Å². The highest BCUT2D eigenvalue weighted by atomic mass is 79.9. The summed E-state index contributed by atoms with van der Waals surface area (Å²) in [5.41, 5.74) is 1.19. The summed E-state index contributed by atoms with van der Waals surface area (Å²) in [4.78, 5) is 4.42. The summed E-state index contributed by atoms with van der Waals surface area (Å²) in [7, 11) is 0.